The lowest BCUT2D eigenvalue weighted by atomic mass is 9.93. The number of esters is 1. The topological polar surface area (TPSA) is 99.9 Å². The van der Waals surface area contributed by atoms with Crippen molar-refractivity contribution < 1.29 is 28.3 Å². The van der Waals surface area contributed by atoms with E-state index >= 15 is 0 Å². The van der Waals surface area contributed by atoms with E-state index in [1.54, 1.807) is 36.4 Å². The van der Waals surface area contributed by atoms with E-state index in [0.717, 1.165) is 0 Å². The molecule has 1 unspecified atom stereocenters. The van der Waals surface area contributed by atoms with Crippen LogP contribution in [0.15, 0.2) is 59.2 Å². The van der Waals surface area contributed by atoms with E-state index in [2.05, 4.69) is 10.5 Å². The molecule has 1 heterocycles. The number of benzene rings is 2. The highest BCUT2D eigenvalue weighted by Crippen LogP contribution is 2.29. The van der Waals surface area contributed by atoms with Crippen LogP contribution in [-0.2, 0) is 23.9 Å². The van der Waals surface area contributed by atoms with E-state index in [4.69, 9.17) is 30.9 Å². The molecular weight excluding hydrogens is 420 g/mol. The van der Waals surface area contributed by atoms with Crippen molar-refractivity contribution in [2.75, 3.05) is 14.2 Å². The minimum absolute atomic E-state index is 0.163. The second-order valence-electron chi connectivity index (χ2n) is 6.34. The van der Waals surface area contributed by atoms with Crippen LogP contribution in [0.3, 0.4) is 0 Å². The predicted octanol–water partition coefficient (Wildman–Crippen LogP) is 3.52. The van der Waals surface area contributed by atoms with Crippen LogP contribution in [0.4, 0.5) is 0 Å². The first-order chi connectivity index (χ1) is 15.0. The summed E-state index contributed by atoms with van der Waals surface area (Å²) in [5.74, 6) is -0.984. The molecule has 0 amide bonds. The molecule has 0 fully saturated rings. The molecule has 0 aliphatic heterocycles. The van der Waals surface area contributed by atoms with Crippen LogP contribution in [0.5, 0.6) is 0 Å². The van der Waals surface area contributed by atoms with E-state index in [1.807, 2.05) is 12.1 Å². The smallest absolute Gasteiger partial charge is 0.341 e. The Balaban J connectivity index is 2.11. The fraction of sp³-hybridized carbons (Fsp3) is 0.182. The number of para-hydroxylation sites is 2. The van der Waals surface area contributed by atoms with Gasteiger partial charge in [0.05, 0.1) is 20.5 Å². The van der Waals surface area contributed by atoms with Gasteiger partial charge in [-0.3, -0.25) is 4.79 Å². The van der Waals surface area contributed by atoms with Gasteiger partial charge in [-0.25, -0.2) is 9.78 Å². The Kier molecular flexibility index (Phi) is 7.11. The summed E-state index contributed by atoms with van der Waals surface area (Å²) in [6, 6.07) is 13.3. The molecule has 0 spiro atoms. The number of hydrogen-bond acceptors (Lipinski definition) is 9. The Hall–Kier alpha value is -3.56. The Morgan fingerprint density at radius 3 is 2.52 bits per heavy atom. The van der Waals surface area contributed by atoms with Crippen LogP contribution in [0.25, 0.3) is 16.7 Å². The van der Waals surface area contributed by atoms with Crippen LogP contribution in [0, 0.1) is 0 Å². The van der Waals surface area contributed by atoms with Crippen LogP contribution < -0.4 is 5.48 Å². The van der Waals surface area contributed by atoms with E-state index in [-0.39, 0.29) is 16.3 Å². The zero-order valence-corrected chi connectivity index (χ0v) is 17.9. The summed E-state index contributed by atoms with van der Waals surface area (Å²) in [7, 11) is 2.69. The highest BCUT2D eigenvalue weighted by atomic mass is 32.1. The standard InChI is InChI=1S/C22H20N2O6S/c1-13(25)30-24-19(20(31)21-23-17-10-6-7-11-18(17)29-21)15-9-5-4-8-14(15)16(12-27-2)22(26)28-3/h4-12,19,24H,1-3H3. The molecule has 8 nitrogen and oxygen atoms in total. The zero-order chi connectivity index (χ0) is 22.4. The van der Waals surface area contributed by atoms with Crippen molar-refractivity contribution in [2.45, 2.75) is 13.0 Å². The molecule has 1 aromatic heterocycles. The molecule has 0 saturated carbocycles. The van der Waals surface area contributed by atoms with Crippen molar-refractivity contribution in [1.29, 1.82) is 0 Å². The quantitative estimate of drug-likeness (QED) is 0.141. The first-order valence-electron chi connectivity index (χ1n) is 9.19. The SMILES string of the molecule is COC=C(C(=O)OC)c1ccccc1C(NOC(C)=O)C(=S)c1nc2ccccc2o1. The molecule has 1 N–H and O–H groups in total. The second-order valence-corrected chi connectivity index (χ2v) is 6.78. The number of carbonyl (C=O) groups excluding carboxylic acids is 2. The van der Waals surface area contributed by atoms with Crippen molar-refractivity contribution in [1.82, 2.24) is 10.5 Å². The average molecular weight is 440 g/mol. The minimum Gasteiger partial charge on any atom is -0.503 e. The molecule has 31 heavy (non-hydrogen) atoms. The van der Waals surface area contributed by atoms with Crippen LogP contribution >= 0.6 is 12.2 Å². The van der Waals surface area contributed by atoms with Crippen molar-refractivity contribution in [3.05, 3.63) is 71.8 Å². The average Bonchev–Trinajstić information content (AvgIpc) is 3.21. The second kappa shape index (κ2) is 9.96. The summed E-state index contributed by atoms with van der Waals surface area (Å²) in [5.41, 5.74) is 5.02. The summed E-state index contributed by atoms with van der Waals surface area (Å²) >= 11 is 5.64. The van der Waals surface area contributed by atoms with Gasteiger partial charge in [-0.05, 0) is 23.3 Å². The summed E-state index contributed by atoms with van der Waals surface area (Å²) in [6.07, 6.45) is 1.27. The number of thiocarbonyl (C=S) groups is 1. The maximum absolute atomic E-state index is 12.4. The first kappa shape index (κ1) is 22.1. The molecule has 0 radical (unpaired) electrons. The lowest BCUT2D eigenvalue weighted by Gasteiger charge is -2.21. The number of hydroxylamine groups is 1. The number of hydrogen-bond donors (Lipinski definition) is 1. The molecule has 1 atom stereocenters. The molecule has 0 aliphatic carbocycles. The Bertz CT molecular complexity index is 1120. The van der Waals surface area contributed by atoms with E-state index < -0.39 is 18.0 Å². The summed E-state index contributed by atoms with van der Waals surface area (Å²) < 4.78 is 15.7. The number of fused-ring (bicyclic) bond motifs is 1. The molecule has 3 aromatic rings. The summed E-state index contributed by atoms with van der Waals surface area (Å²) in [4.78, 5) is 33.5. The van der Waals surface area contributed by atoms with Gasteiger partial charge in [-0.2, -0.15) is 0 Å². The Morgan fingerprint density at radius 1 is 1.13 bits per heavy atom. The number of methoxy groups -OCH3 is 2. The third-order valence-electron chi connectivity index (χ3n) is 4.29. The summed E-state index contributed by atoms with van der Waals surface area (Å²) in [5, 5.41) is 0. The van der Waals surface area contributed by atoms with Gasteiger partial charge in [0, 0.05) is 6.92 Å². The highest BCUT2D eigenvalue weighted by molar-refractivity contribution is 7.80. The third-order valence-corrected chi connectivity index (χ3v) is 4.70. The van der Waals surface area contributed by atoms with Crippen molar-refractivity contribution in [3.8, 4) is 0 Å². The third kappa shape index (κ3) is 4.96. The lowest BCUT2D eigenvalue weighted by molar-refractivity contribution is -0.149. The van der Waals surface area contributed by atoms with Gasteiger partial charge >= 0.3 is 11.9 Å². The van der Waals surface area contributed by atoms with Crippen molar-refractivity contribution >= 4 is 45.7 Å². The van der Waals surface area contributed by atoms with Crippen molar-refractivity contribution in [2.24, 2.45) is 0 Å². The van der Waals surface area contributed by atoms with E-state index in [0.29, 0.717) is 22.2 Å². The molecule has 0 bridgehead atoms. The van der Waals surface area contributed by atoms with Gasteiger partial charge in [0.1, 0.15) is 22.0 Å². The Morgan fingerprint density at radius 2 is 1.84 bits per heavy atom. The normalized spacial score (nSPS) is 12.3. The van der Waals surface area contributed by atoms with Gasteiger partial charge < -0.3 is 18.7 Å². The number of ether oxygens (including phenoxy) is 2. The molecule has 0 saturated heterocycles. The monoisotopic (exact) mass is 440 g/mol. The lowest BCUT2D eigenvalue weighted by Crippen LogP contribution is -2.31. The molecular formula is C22H20N2O6S. The van der Waals surface area contributed by atoms with Crippen LogP contribution in [0.2, 0.25) is 0 Å². The number of oxazole rings is 1. The highest BCUT2D eigenvalue weighted by Gasteiger charge is 2.28. The largest absolute Gasteiger partial charge is 0.503 e. The first-order valence-corrected chi connectivity index (χ1v) is 9.60. The van der Waals surface area contributed by atoms with E-state index in [9.17, 15) is 9.59 Å². The Labute approximate surface area is 183 Å². The minimum atomic E-state index is -0.854. The predicted molar refractivity (Wildman–Crippen MR) is 117 cm³/mol. The van der Waals surface area contributed by atoms with Crippen LogP contribution in [0.1, 0.15) is 30.0 Å². The number of nitrogens with zero attached hydrogens (tertiary/aromatic N) is 1. The van der Waals surface area contributed by atoms with Crippen LogP contribution in [-0.4, -0.2) is 36.0 Å². The van der Waals surface area contributed by atoms with Gasteiger partial charge in [-0.15, -0.1) is 5.48 Å². The van der Waals surface area contributed by atoms with Gasteiger partial charge in [-0.1, -0.05) is 48.6 Å². The number of rotatable bonds is 8. The number of carbonyl (C=O) groups is 2. The maximum atomic E-state index is 12.4. The number of nitrogens with one attached hydrogen (secondary N) is 1. The number of aromatic nitrogens is 1. The van der Waals surface area contributed by atoms with E-state index in [1.165, 1.54) is 27.4 Å². The van der Waals surface area contributed by atoms with Gasteiger partial charge in [0.25, 0.3) is 0 Å². The zero-order valence-electron chi connectivity index (χ0n) is 17.1. The molecule has 0 aliphatic rings. The van der Waals surface area contributed by atoms with Crippen molar-refractivity contribution in [3.63, 3.8) is 0 Å². The summed E-state index contributed by atoms with van der Waals surface area (Å²) in [6.45, 7) is 1.25. The van der Waals surface area contributed by atoms with Gasteiger partial charge in [0.2, 0.25) is 5.89 Å². The molecule has 2 aromatic carbocycles. The van der Waals surface area contributed by atoms with Gasteiger partial charge in [0.15, 0.2) is 5.58 Å². The maximum Gasteiger partial charge on any atom is 0.341 e. The molecule has 3 rings (SSSR count). The fourth-order valence-corrected chi connectivity index (χ4v) is 3.21. The fourth-order valence-electron chi connectivity index (χ4n) is 2.94. The molecule has 9 heteroatoms. The molecule has 160 valence electrons.